The van der Waals surface area contributed by atoms with E-state index >= 15 is 0 Å². The molecule has 0 atom stereocenters. The van der Waals surface area contributed by atoms with Crippen molar-refractivity contribution in [2.45, 2.75) is 64.4 Å². The van der Waals surface area contributed by atoms with Gasteiger partial charge in [0.05, 0.1) is 11.5 Å². The van der Waals surface area contributed by atoms with Crippen LogP contribution in [0.4, 0.5) is 5.69 Å². The summed E-state index contributed by atoms with van der Waals surface area (Å²) in [5.74, 6) is 0.957. The number of carbonyl (C=O) groups excluding carboxylic acids is 1. The fourth-order valence-corrected chi connectivity index (χ4v) is 4.65. The predicted octanol–water partition coefficient (Wildman–Crippen LogP) is 6.78. The second-order valence-electron chi connectivity index (χ2n) is 8.79. The van der Waals surface area contributed by atoms with Gasteiger partial charge in [0, 0.05) is 16.5 Å². The minimum absolute atomic E-state index is 0.0980. The van der Waals surface area contributed by atoms with Crippen LogP contribution in [0.2, 0.25) is 0 Å². The minimum Gasteiger partial charge on any atom is -0.490 e. The van der Waals surface area contributed by atoms with Crippen LogP contribution in [0.5, 0.6) is 5.75 Å². The number of aryl methyl sites for hydroxylation is 1. The Bertz CT molecular complexity index is 1030. The molecule has 1 saturated carbocycles. The van der Waals surface area contributed by atoms with Gasteiger partial charge >= 0.3 is 0 Å². The molecule has 3 nitrogen and oxygen atoms in total. The van der Waals surface area contributed by atoms with Gasteiger partial charge in [0.2, 0.25) is 5.91 Å². The first-order valence-electron chi connectivity index (χ1n) is 11.1. The van der Waals surface area contributed by atoms with Gasteiger partial charge in [0.15, 0.2) is 0 Å². The van der Waals surface area contributed by atoms with Crippen LogP contribution in [0.1, 0.15) is 57.1 Å². The molecule has 0 spiro atoms. The number of hydrogen-bond acceptors (Lipinski definition) is 2. The van der Waals surface area contributed by atoms with Gasteiger partial charge in [0.25, 0.3) is 0 Å². The third kappa shape index (κ3) is 3.94. The highest BCUT2D eigenvalue weighted by molar-refractivity contribution is 6.07. The smallest absolute Gasteiger partial charge is 0.235 e. The van der Waals surface area contributed by atoms with Crippen molar-refractivity contribution in [3.8, 4) is 5.75 Å². The summed E-state index contributed by atoms with van der Waals surface area (Å²) < 4.78 is 5.99. The monoisotopic (exact) mass is 401 g/mol. The van der Waals surface area contributed by atoms with E-state index < -0.39 is 5.41 Å². The molecule has 0 aromatic heterocycles. The Morgan fingerprint density at radius 2 is 1.57 bits per heavy atom. The number of nitrogens with one attached hydrogen (secondary N) is 1. The molecule has 30 heavy (non-hydrogen) atoms. The molecule has 3 aromatic carbocycles. The Morgan fingerprint density at radius 1 is 0.900 bits per heavy atom. The fraction of sp³-hybridized carbons (Fsp3) is 0.370. The highest BCUT2D eigenvalue weighted by Gasteiger charge is 2.41. The van der Waals surface area contributed by atoms with E-state index in [1.165, 1.54) is 12.0 Å². The molecule has 0 saturated heterocycles. The van der Waals surface area contributed by atoms with Crippen LogP contribution in [-0.4, -0.2) is 12.0 Å². The lowest BCUT2D eigenvalue weighted by atomic mass is 9.68. The van der Waals surface area contributed by atoms with Gasteiger partial charge in [-0.15, -0.1) is 0 Å². The van der Waals surface area contributed by atoms with Crippen molar-refractivity contribution < 1.29 is 9.53 Å². The Balaban J connectivity index is 1.71. The van der Waals surface area contributed by atoms with E-state index in [4.69, 9.17) is 4.74 Å². The SMILES string of the molecule is Cc1ccc(C2(C(=O)Nc3ccc(OC(C)C)c4ccccc34)CCCCC2)cc1. The first kappa shape index (κ1) is 20.5. The standard InChI is InChI=1S/C27H31NO2/c1-19(2)30-25-16-15-24(22-9-5-6-10-23(22)25)28-26(29)27(17-7-4-8-18-27)21-13-11-20(3)12-14-21/h5-6,9-16,19H,4,7-8,17-18H2,1-3H3,(H,28,29). The van der Waals surface area contributed by atoms with E-state index in [2.05, 4.69) is 48.6 Å². The zero-order chi connectivity index (χ0) is 21.1. The number of rotatable bonds is 5. The molecule has 1 aliphatic rings. The number of benzene rings is 3. The lowest BCUT2D eigenvalue weighted by Gasteiger charge is -2.36. The summed E-state index contributed by atoms with van der Waals surface area (Å²) >= 11 is 0. The molecule has 1 fully saturated rings. The van der Waals surface area contributed by atoms with Crippen molar-refractivity contribution in [3.05, 3.63) is 71.8 Å². The Morgan fingerprint density at radius 3 is 2.23 bits per heavy atom. The summed E-state index contributed by atoms with van der Waals surface area (Å²) in [5, 5.41) is 5.33. The second-order valence-corrected chi connectivity index (χ2v) is 8.79. The van der Waals surface area contributed by atoms with Crippen molar-refractivity contribution in [2.75, 3.05) is 5.32 Å². The maximum atomic E-state index is 13.7. The Hall–Kier alpha value is -2.81. The quantitative estimate of drug-likeness (QED) is 0.512. The summed E-state index contributed by atoms with van der Waals surface area (Å²) in [5.41, 5.74) is 2.75. The fourth-order valence-electron chi connectivity index (χ4n) is 4.65. The Kier molecular flexibility index (Phi) is 5.80. The lowest BCUT2D eigenvalue weighted by molar-refractivity contribution is -0.122. The van der Waals surface area contributed by atoms with E-state index in [1.807, 2.05) is 38.1 Å². The second kappa shape index (κ2) is 8.51. The molecular formula is C27H31NO2. The largest absolute Gasteiger partial charge is 0.490 e. The van der Waals surface area contributed by atoms with Crippen LogP contribution in [0.3, 0.4) is 0 Å². The molecule has 1 amide bonds. The molecule has 0 heterocycles. The van der Waals surface area contributed by atoms with Crippen LogP contribution >= 0.6 is 0 Å². The topological polar surface area (TPSA) is 38.3 Å². The molecule has 4 rings (SSSR count). The van der Waals surface area contributed by atoms with Crippen LogP contribution in [0.15, 0.2) is 60.7 Å². The van der Waals surface area contributed by atoms with E-state index in [0.29, 0.717) is 0 Å². The van der Waals surface area contributed by atoms with Crippen molar-refractivity contribution in [1.82, 2.24) is 0 Å². The molecule has 1 aliphatic carbocycles. The first-order chi connectivity index (χ1) is 14.5. The zero-order valence-electron chi connectivity index (χ0n) is 18.2. The number of ether oxygens (including phenoxy) is 1. The number of fused-ring (bicyclic) bond motifs is 1. The van der Waals surface area contributed by atoms with Gasteiger partial charge < -0.3 is 10.1 Å². The van der Waals surface area contributed by atoms with Crippen molar-refractivity contribution in [1.29, 1.82) is 0 Å². The molecule has 0 aliphatic heterocycles. The lowest BCUT2D eigenvalue weighted by Crippen LogP contribution is -2.42. The molecule has 3 heteroatoms. The van der Waals surface area contributed by atoms with Crippen molar-refractivity contribution in [3.63, 3.8) is 0 Å². The molecule has 1 N–H and O–H groups in total. The van der Waals surface area contributed by atoms with Gasteiger partial charge in [-0.05, 0) is 51.3 Å². The van der Waals surface area contributed by atoms with E-state index in [0.717, 1.165) is 53.5 Å². The third-order valence-electron chi connectivity index (χ3n) is 6.24. The summed E-state index contributed by atoms with van der Waals surface area (Å²) in [4.78, 5) is 13.7. The van der Waals surface area contributed by atoms with Gasteiger partial charge in [-0.3, -0.25) is 4.79 Å². The highest BCUT2D eigenvalue weighted by atomic mass is 16.5. The summed E-state index contributed by atoms with van der Waals surface area (Å²) in [6, 6.07) is 20.6. The van der Waals surface area contributed by atoms with Crippen LogP contribution in [0, 0.1) is 6.92 Å². The van der Waals surface area contributed by atoms with Gasteiger partial charge in [-0.1, -0.05) is 73.4 Å². The summed E-state index contributed by atoms with van der Waals surface area (Å²) in [6.45, 7) is 6.14. The number of anilines is 1. The average Bonchev–Trinajstić information content (AvgIpc) is 2.76. The van der Waals surface area contributed by atoms with Crippen LogP contribution in [-0.2, 0) is 10.2 Å². The maximum absolute atomic E-state index is 13.7. The molecule has 0 bridgehead atoms. The molecule has 0 unspecified atom stereocenters. The average molecular weight is 402 g/mol. The first-order valence-corrected chi connectivity index (χ1v) is 11.1. The van der Waals surface area contributed by atoms with Gasteiger partial charge in [0.1, 0.15) is 5.75 Å². The summed E-state index contributed by atoms with van der Waals surface area (Å²) in [6.07, 6.45) is 5.26. The number of carbonyl (C=O) groups is 1. The molecule has 156 valence electrons. The summed E-state index contributed by atoms with van der Waals surface area (Å²) in [7, 11) is 0. The van der Waals surface area contributed by atoms with E-state index in [1.54, 1.807) is 0 Å². The molecule has 0 radical (unpaired) electrons. The van der Waals surface area contributed by atoms with Crippen LogP contribution in [0.25, 0.3) is 10.8 Å². The highest BCUT2D eigenvalue weighted by Crippen LogP contribution is 2.41. The number of hydrogen-bond donors (Lipinski definition) is 1. The van der Waals surface area contributed by atoms with Gasteiger partial charge in [-0.2, -0.15) is 0 Å². The predicted molar refractivity (Wildman–Crippen MR) is 124 cm³/mol. The maximum Gasteiger partial charge on any atom is 0.235 e. The third-order valence-corrected chi connectivity index (χ3v) is 6.24. The Labute approximate surface area is 179 Å². The van der Waals surface area contributed by atoms with E-state index in [-0.39, 0.29) is 12.0 Å². The zero-order valence-corrected chi connectivity index (χ0v) is 18.2. The normalized spacial score (nSPS) is 15.9. The van der Waals surface area contributed by atoms with E-state index in [9.17, 15) is 4.79 Å². The van der Waals surface area contributed by atoms with Crippen molar-refractivity contribution in [2.24, 2.45) is 0 Å². The van der Waals surface area contributed by atoms with Crippen LogP contribution < -0.4 is 10.1 Å². The molecular weight excluding hydrogens is 370 g/mol. The molecule has 3 aromatic rings. The van der Waals surface area contributed by atoms with Crippen molar-refractivity contribution >= 4 is 22.4 Å². The number of amides is 1. The minimum atomic E-state index is -0.458. The van der Waals surface area contributed by atoms with Gasteiger partial charge in [-0.25, -0.2) is 0 Å².